The number of anilines is 1. The summed E-state index contributed by atoms with van der Waals surface area (Å²) < 4.78 is 32.1. The maximum Gasteiger partial charge on any atom is 0.291 e. The van der Waals surface area contributed by atoms with E-state index < -0.39 is 11.7 Å². The molecule has 2 heterocycles. The number of nitrogens with zero attached hydrogens (tertiary/aromatic N) is 2. The van der Waals surface area contributed by atoms with Gasteiger partial charge in [0.05, 0.1) is 5.75 Å². The van der Waals surface area contributed by atoms with Crippen LogP contribution in [0.5, 0.6) is 0 Å². The van der Waals surface area contributed by atoms with Crippen molar-refractivity contribution in [2.75, 3.05) is 5.32 Å². The Balaban J connectivity index is 1.56. The second-order valence-electron chi connectivity index (χ2n) is 5.23. The molecule has 0 bridgehead atoms. The zero-order chi connectivity index (χ0) is 18.5. The molecule has 0 fully saturated rings. The van der Waals surface area contributed by atoms with Gasteiger partial charge in [0, 0.05) is 30.0 Å². The third-order valence-corrected chi connectivity index (χ3v) is 5.15. The van der Waals surface area contributed by atoms with Crippen molar-refractivity contribution in [1.82, 2.24) is 9.55 Å². The van der Waals surface area contributed by atoms with E-state index in [1.165, 1.54) is 23.9 Å². The predicted molar refractivity (Wildman–Crippen MR) is 97.7 cm³/mol. The van der Waals surface area contributed by atoms with Crippen LogP contribution in [0, 0.1) is 0 Å². The molecule has 0 aliphatic heterocycles. The van der Waals surface area contributed by atoms with Crippen LogP contribution in [0.2, 0.25) is 0 Å². The van der Waals surface area contributed by atoms with Gasteiger partial charge in [0.2, 0.25) is 0 Å². The van der Waals surface area contributed by atoms with Crippen molar-refractivity contribution in [3.63, 3.8) is 0 Å². The van der Waals surface area contributed by atoms with Gasteiger partial charge in [-0.1, -0.05) is 23.5 Å². The van der Waals surface area contributed by atoms with Crippen LogP contribution in [-0.4, -0.2) is 21.2 Å². The number of aryl methyl sites for hydroxylation is 1. The number of furan rings is 1. The van der Waals surface area contributed by atoms with Gasteiger partial charge in [-0.3, -0.25) is 4.79 Å². The van der Waals surface area contributed by atoms with Gasteiger partial charge < -0.3 is 14.3 Å². The number of hydrogen-bond donors (Lipinski definition) is 1. The van der Waals surface area contributed by atoms with Gasteiger partial charge in [-0.15, -0.1) is 0 Å². The Bertz CT molecular complexity index is 878. The highest BCUT2D eigenvalue weighted by molar-refractivity contribution is 7.99. The third kappa shape index (κ3) is 4.89. The molecule has 1 amide bonds. The number of thioether (sulfide) groups is 2. The van der Waals surface area contributed by atoms with Crippen LogP contribution in [0.4, 0.5) is 14.5 Å². The molecule has 136 valence electrons. The summed E-state index contributed by atoms with van der Waals surface area (Å²) in [4.78, 5) is 16.9. The second kappa shape index (κ2) is 8.41. The third-order valence-electron chi connectivity index (χ3n) is 3.34. The Kier molecular flexibility index (Phi) is 6.00. The van der Waals surface area contributed by atoms with E-state index in [-0.39, 0.29) is 5.76 Å². The molecule has 1 aromatic carbocycles. The quantitative estimate of drug-likeness (QED) is 0.578. The number of alkyl halides is 2. The number of hydrogen-bond acceptors (Lipinski definition) is 5. The van der Waals surface area contributed by atoms with Crippen LogP contribution in [0.25, 0.3) is 0 Å². The first-order valence-corrected chi connectivity index (χ1v) is 9.43. The zero-order valence-corrected chi connectivity index (χ0v) is 15.3. The van der Waals surface area contributed by atoms with Crippen molar-refractivity contribution in [1.29, 1.82) is 0 Å². The van der Waals surface area contributed by atoms with Gasteiger partial charge >= 0.3 is 0 Å². The minimum absolute atomic E-state index is 0.187. The van der Waals surface area contributed by atoms with E-state index in [4.69, 9.17) is 4.42 Å². The number of nitrogens with one attached hydrogen (secondary N) is 1. The Morgan fingerprint density at radius 2 is 2.04 bits per heavy atom. The van der Waals surface area contributed by atoms with E-state index >= 15 is 0 Å². The maximum absolute atomic E-state index is 12.3. The average Bonchev–Trinajstić information content (AvgIpc) is 3.23. The number of benzene rings is 1. The first-order valence-electron chi connectivity index (χ1n) is 7.56. The zero-order valence-electron chi connectivity index (χ0n) is 13.7. The topological polar surface area (TPSA) is 60.1 Å². The normalized spacial score (nSPS) is 11.1. The monoisotopic (exact) mass is 395 g/mol. The van der Waals surface area contributed by atoms with Crippen LogP contribution in [-0.2, 0) is 12.8 Å². The molecule has 0 aliphatic carbocycles. The molecule has 0 saturated carbocycles. The molecule has 3 aromatic rings. The molecular weight excluding hydrogens is 380 g/mol. The Morgan fingerprint density at radius 1 is 1.27 bits per heavy atom. The lowest BCUT2D eigenvalue weighted by Gasteiger charge is -2.05. The summed E-state index contributed by atoms with van der Waals surface area (Å²) in [7, 11) is 1.90. The molecule has 5 nitrogen and oxygen atoms in total. The number of carbonyl (C=O) groups excluding carboxylic acids is 1. The summed E-state index contributed by atoms with van der Waals surface area (Å²) in [5.74, 6) is -1.47. The first kappa shape index (κ1) is 18.5. The molecule has 0 saturated heterocycles. The van der Waals surface area contributed by atoms with E-state index in [0.717, 1.165) is 5.16 Å². The molecule has 26 heavy (non-hydrogen) atoms. The van der Waals surface area contributed by atoms with Crippen LogP contribution in [0.3, 0.4) is 0 Å². The van der Waals surface area contributed by atoms with E-state index in [9.17, 15) is 13.6 Å². The predicted octanol–water partition coefficient (Wildman–Crippen LogP) is 4.87. The lowest BCUT2D eigenvalue weighted by atomic mass is 10.3. The summed E-state index contributed by atoms with van der Waals surface area (Å²) in [6.07, 6.45) is 3.57. The van der Waals surface area contributed by atoms with Gasteiger partial charge in [0.1, 0.15) is 5.76 Å². The van der Waals surface area contributed by atoms with Gasteiger partial charge in [-0.05, 0) is 36.4 Å². The molecule has 0 atom stereocenters. The molecule has 3 rings (SSSR count). The largest absolute Gasteiger partial charge is 0.455 e. The van der Waals surface area contributed by atoms with Crippen LogP contribution < -0.4 is 5.32 Å². The summed E-state index contributed by atoms with van der Waals surface area (Å²) in [6.45, 7) is 0. The molecule has 1 N–H and O–H groups in total. The number of halogens is 2. The Morgan fingerprint density at radius 3 is 2.69 bits per heavy atom. The van der Waals surface area contributed by atoms with E-state index in [1.807, 2.05) is 17.8 Å². The summed E-state index contributed by atoms with van der Waals surface area (Å²) in [5.41, 5.74) is 0.508. The number of imidazole rings is 1. The van der Waals surface area contributed by atoms with Crippen LogP contribution in [0.1, 0.15) is 16.3 Å². The molecule has 2 aromatic heterocycles. The van der Waals surface area contributed by atoms with Gasteiger partial charge in [-0.2, -0.15) is 8.78 Å². The Hall–Kier alpha value is -2.26. The lowest BCUT2D eigenvalue weighted by Crippen LogP contribution is -2.10. The van der Waals surface area contributed by atoms with Gasteiger partial charge in [0.25, 0.3) is 11.7 Å². The SMILES string of the molecule is Cn1ccnc1SCc1ccc(C(=O)Nc2ccc(SC(F)F)cc2)o1. The van der Waals surface area contributed by atoms with E-state index in [0.29, 0.717) is 33.9 Å². The molecule has 9 heteroatoms. The minimum Gasteiger partial charge on any atom is -0.455 e. The standard InChI is InChI=1S/C17H15F2N3O2S2/c1-22-9-8-20-17(22)25-10-12-4-7-14(24-12)15(23)21-11-2-5-13(6-3-11)26-16(18)19/h2-9,16H,10H2,1H3,(H,21,23). The van der Waals surface area contributed by atoms with Crippen LogP contribution in [0.15, 0.2) is 63.3 Å². The molecule has 0 unspecified atom stereocenters. The van der Waals surface area contributed by atoms with E-state index in [1.54, 1.807) is 30.5 Å². The van der Waals surface area contributed by atoms with Crippen LogP contribution >= 0.6 is 23.5 Å². The number of amides is 1. The molecule has 0 radical (unpaired) electrons. The van der Waals surface area contributed by atoms with Crippen molar-refractivity contribution in [2.24, 2.45) is 7.05 Å². The van der Waals surface area contributed by atoms with Crippen molar-refractivity contribution in [3.8, 4) is 0 Å². The highest BCUT2D eigenvalue weighted by Crippen LogP contribution is 2.26. The minimum atomic E-state index is -2.47. The van der Waals surface area contributed by atoms with Crippen molar-refractivity contribution >= 4 is 35.1 Å². The summed E-state index contributed by atoms with van der Waals surface area (Å²) >= 11 is 1.96. The Labute approximate surface area is 157 Å². The van der Waals surface area contributed by atoms with Gasteiger partial charge in [0.15, 0.2) is 10.9 Å². The summed E-state index contributed by atoms with van der Waals surface area (Å²) in [5, 5.41) is 3.53. The van der Waals surface area contributed by atoms with Crippen molar-refractivity contribution in [3.05, 3.63) is 60.3 Å². The number of rotatable bonds is 7. The summed E-state index contributed by atoms with van der Waals surface area (Å²) in [6, 6.07) is 9.55. The van der Waals surface area contributed by atoms with Gasteiger partial charge in [-0.25, -0.2) is 4.98 Å². The van der Waals surface area contributed by atoms with Crippen molar-refractivity contribution in [2.45, 2.75) is 21.6 Å². The second-order valence-corrected chi connectivity index (χ2v) is 7.24. The smallest absolute Gasteiger partial charge is 0.291 e. The molecular formula is C17H15F2N3O2S2. The highest BCUT2D eigenvalue weighted by Gasteiger charge is 2.13. The van der Waals surface area contributed by atoms with Crippen molar-refractivity contribution < 1.29 is 18.0 Å². The first-order chi connectivity index (χ1) is 12.5. The fourth-order valence-electron chi connectivity index (χ4n) is 2.12. The molecule has 0 aliphatic rings. The average molecular weight is 395 g/mol. The number of aromatic nitrogens is 2. The molecule has 0 spiro atoms. The highest BCUT2D eigenvalue weighted by atomic mass is 32.2. The fourth-order valence-corrected chi connectivity index (χ4v) is 3.44. The lowest BCUT2D eigenvalue weighted by molar-refractivity contribution is 0.0995. The fraction of sp³-hybridized carbons (Fsp3) is 0.176. The van der Waals surface area contributed by atoms with E-state index in [2.05, 4.69) is 10.3 Å². The number of carbonyl (C=O) groups is 1. The maximum atomic E-state index is 12.3.